The smallest absolute Gasteiger partial charge is 0.304 e. The predicted molar refractivity (Wildman–Crippen MR) is 77.0 cm³/mol. The van der Waals surface area contributed by atoms with E-state index in [2.05, 4.69) is 20.8 Å². The number of benzene rings is 1. The fourth-order valence-electron chi connectivity index (χ4n) is 2.35. The van der Waals surface area contributed by atoms with E-state index in [9.17, 15) is 4.79 Å². The van der Waals surface area contributed by atoms with Crippen molar-refractivity contribution in [3.63, 3.8) is 0 Å². The van der Waals surface area contributed by atoms with Gasteiger partial charge < -0.3 is 9.84 Å². The Morgan fingerprint density at radius 3 is 2.11 bits per heavy atom. The van der Waals surface area contributed by atoms with Gasteiger partial charge >= 0.3 is 5.97 Å². The summed E-state index contributed by atoms with van der Waals surface area (Å²) in [7, 11) is 1.64. The van der Waals surface area contributed by atoms with Crippen molar-refractivity contribution in [3.8, 4) is 5.75 Å². The molecule has 0 fully saturated rings. The second-order valence-corrected chi connectivity index (χ2v) is 6.59. The second kappa shape index (κ2) is 5.24. The van der Waals surface area contributed by atoms with Gasteiger partial charge in [0.05, 0.1) is 13.5 Å². The molecule has 0 saturated carbocycles. The lowest BCUT2D eigenvalue weighted by molar-refractivity contribution is -0.138. The summed E-state index contributed by atoms with van der Waals surface area (Å²) in [5, 5.41) is 9.06. The van der Waals surface area contributed by atoms with Crippen molar-refractivity contribution in [3.05, 3.63) is 29.3 Å². The highest BCUT2D eigenvalue weighted by Gasteiger charge is 2.30. The highest BCUT2D eigenvalue weighted by Crippen LogP contribution is 2.40. The van der Waals surface area contributed by atoms with E-state index in [1.54, 1.807) is 7.11 Å². The van der Waals surface area contributed by atoms with Crippen LogP contribution in [0.3, 0.4) is 0 Å². The average molecular weight is 264 g/mol. The quantitative estimate of drug-likeness (QED) is 0.901. The third-order valence-corrected chi connectivity index (χ3v) is 3.35. The second-order valence-electron chi connectivity index (χ2n) is 6.59. The van der Waals surface area contributed by atoms with Crippen LogP contribution in [0.25, 0.3) is 0 Å². The normalized spacial score (nSPS) is 12.3. The molecule has 1 aromatic carbocycles. The van der Waals surface area contributed by atoms with E-state index in [1.807, 2.05) is 32.0 Å². The molecular weight excluding hydrogens is 240 g/mol. The highest BCUT2D eigenvalue weighted by molar-refractivity contribution is 5.69. The Kier molecular flexibility index (Phi) is 4.28. The third-order valence-electron chi connectivity index (χ3n) is 3.35. The number of rotatable bonds is 4. The van der Waals surface area contributed by atoms with Gasteiger partial charge in [-0.25, -0.2) is 0 Å². The van der Waals surface area contributed by atoms with Gasteiger partial charge in [0.25, 0.3) is 0 Å². The molecule has 0 heterocycles. The lowest BCUT2D eigenvalue weighted by atomic mass is 9.77. The van der Waals surface area contributed by atoms with Crippen molar-refractivity contribution in [1.82, 2.24) is 0 Å². The van der Waals surface area contributed by atoms with Gasteiger partial charge in [-0.15, -0.1) is 0 Å². The third kappa shape index (κ3) is 3.49. The average Bonchev–Trinajstić information content (AvgIpc) is 2.25. The van der Waals surface area contributed by atoms with Crippen LogP contribution in [0, 0.1) is 0 Å². The number of carboxylic acids is 1. The standard InChI is InChI=1S/C16H24O3/c1-15(2,3)11-8-7-9-12(14(11)19-6)16(4,5)10-13(17)18/h7-9H,10H2,1-6H3,(H,17,18). The molecule has 0 unspecified atom stereocenters. The molecule has 0 aliphatic carbocycles. The molecule has 0 bridgehead atoms. The van der Waals surface area contributed by atoms with Crippen LogP contribution in [0.1, 0.15) is 52.2 Å². The number of hydrogen-bond acceptors (Lipinski definition) is 2. The van der Waals surface area contributed by atoms with E-state index in [1.165, 1.54) is 0 Å². The number of hydrogen-bond donors (Lipinski definition) is 1. The molecule has 0 atom stereocenters. The first-order chi connectivity index (χ1) is 8.59. The van der Waals surface area contributed by atoms with Crippen molar-refractivity contribution in [2.45, 2.75) is 51.9 Å². The van der Waals surface area contributed by atoms with Gasteiger partial charge in [-0.2, -0.15) is 0 Å². The zero-order chi connectivity index (χ0) is 14.8. The fourth-order valence-corrected chi connectivity index (χ4v) is 2.35. The summed E-state index contributed by atoms with van der Waals surface area (Å²) in [5.41, 5.74) is 1.55. The summed E-state index contributed by atoms with van der Waals surface area (Å²) < 4.78 is 5.58. The monoisotopic (exact) mass is 264 g/mol. The first-order valence-corrected chi connectivity index (χ1v) is 6.49. The largest absolute Gasteiger partial charge is 0.496 e. The Morgan fingerprint density at radius 1 is 1.16 bits per heavy atom. The van der Waals surface area contributed by atoms with Crippen LogP contribution < -0.4 is 4.74 Å². The molecule has 1 aromatic rings. The van der Waals surface area contributed by atoms with Gasteiger partial charge in [-0.1, -0.05) is 52.8 Å². The van der Waals surface area contributed by atoms with Crippen molar-refractivity contribution >= 4 is 5.97 Å². The summed E-state index contributed by atoms with van der Waals surface area (Å²) in [4.78, 5) is 11.0. The molecule has 3 heteroatoms. The first-order valence-electron chi connectivity index (χ1n) is 6.49. The summed E-state index contributed by atoms with van der Waals surface area (Å²) in [6, 6.07) is 5.97. The van der Waals surface area contributed by atoms with Crippen LogP contribution in [0.2, 0.25) is 0 Å². The van der Waals surface area contributed by atoms with E-state index in [0.29, 0.717) is 0 Å². The Bertz CT molecular complexity index is 467. The van der Waals surface area contributed by atoms with E-state index < -0.39 is 11.4 Å². The Balaban J connectivity index is 3.41. The molecule has 0 aliphatic heterocycles. The Morgan fingerprint density at radius 2 is 1.68 bits per heavy atom. The van der Waals surface area contributed by atoms with Crippen LogP contribution in [0.15, 0.2) is 18.2 Å². The number of para-hydroxylation sites is 1. The van der Waals surface area contributed by atoms with Crippen LogP contribution in [0.5, 0.6) is 5.75 Å². The Labute approximate surface area is 115 Å². The molecule has 1 N–H and O–H groups in total. The molecule has 3 nitrogen and oxygen atoms in total. The fraction of sp³-hybridized carbons (Fsp3) is 0.562. The zero-order valence-corrected chi connectivity index (χ0v) is 12.7. The maximum Gasteiger partial charge on any atom is 0.304 e. The summed E-state index contributed by atoms with van der Waals surface area (Å²) in [5.74, 6) is 0.00876. The van der Waals surface area contributed by atoms with E-state index in [0.717, 1.165) is 16.9 Å². The molecular formula is C16H24O3. The van der Waals surface area contributed by atoms with E-state index in [4.69, 9.17) is 9.84 Å². The number of carbonyl (C=O) groups is 1. The maximum absolute atomic E-state index is 11.0. The van der Waals surface area contributed by atoms with E-state index >= 15 is 0 Å². The van der Waals surface area contributed by atoms with Crippen LogP contribution in [-0.4, -0.2) is 18.2 Å². The van der Waals surface area contributed by atoms with Crippen molar-refractivity contribution in [1.29, 1.82) is 0 Å². The van der Waals surface area contributed by atoms with Crippen molar-refractivity contribution in [2.24, 2.45) is 0 Å². The molecule has 0 amide bonds. The Hall–Kier alpha value is -1.51. The number of methoxy groups -OCH3 is 1. The van der Waals surface area contributed by atoms with Crippen LogP contribution in [-0.2, 0) is 15.6 Å². The molecule has 0 spiro atoms. The van der Waals surface area contributed by atoms with Crippen LogP contribution in [0.4, 0.5) is 0 Å². The lowest BCUT2D eigenvalue weighted by Gasteiger charge is -2.30. The van der Waals surface area contributed by atoms with Gasteiger partial charge in [0.1, 0.15) is 5.75 Å². The SMILES string of the molecule is COc1c(C(C)(C)C)cccc1C(C)(C)CC(=O)O. The lowest BCUT2D eigenvalue weighted by Crippen LogP contribution is -2.24. The summed E-state index contributed by atoms with van der Waals surface area (Å²) in [6.45, 7) is 10.2. The van der Waals surface area contributed by atoms with Gasteiger partial charge in [-0.3, -0.25) is 4.79 Å². The molecule has 0 saturated heterocycles. The van der Waals surface area contributed by atoms with Crippen LogP contribution >= 0.6 is 0 Å². The van der Waals surface area contributed by atoms with E-state index in [-0.39, 0.29) is 11.8 Å². The molecule has 1 rings (SSSR count). The van der Waals surface area contributed by atoms with Crippen molar-refractivity contribution in [2.75, 3.05) is 7.11 Å². The summed E-state index contributed by atoms with van der Waals surface area (Å²) in [6.07, 6.45) is 0.0803. The molecule has 0 aromatic heterocycles. The van der Waals surface area contributed by atoms with Gasteiger partial charge in [-0.05, 0) is 11.0 Å². The molecule has 0 aliphatic rings. The topological polar surface area (TPSA) is 46.5 Å². The van der Waals surface area contributed by atoms with Gasteiger partial charge in [0.15, 0.2) is 0 Å². The molecule has 0 radical (unpaired) electrons. The predicted octanol–water partition coefficient (Wildman–Crippen LogP) is 3.75. The highest BCUT2D eigenvalue weighted by atomic mass is 16.5. The molecule has 106 valence electrons. The number of carboxylic acid groups (broad SMARTS) is 1. The summed E-state index contributed by atoms with van der Waals surface area (Å²) >= 11 is 0. The number of ether oxygens (including phenoxy) is 1. The minimum atomic E-state index is -0.798. The van der Waals surface area contributed by atoms with Gasteiger partial charge in [0.2, 0.25) is 0 Å². The minimum absolute atomic E-state index is 0.0410. The van der Waals surface area contributed by atoms with Crippen molar-refractivity contribution < 1.29 is 14.6 Å². The minimum Gasteiger partial charge on any atom is -0.496 e. The maximum atomic E-state index is 11.0. The molecule has 19 heavy (non-hydrogen) atoms. The zero-order valence-electron chi connectivity index (χ0n) is 12.7. The first kappa shape index (κ1) is 15.5. The number of aliphatic carboxylic acids is 1. The van der Waals surface area contributed by atoms with Gasteiger partial charge in [0, 0.05) is 11.0 Å².